The standard InChI is InChI=1S/C37H24N2S/c1-3-12-25(13-4-1)27-22-23-28(26-14-5-2-6-15-26)34(24-27)39-33-20-9-8-19-32(33)38-37(39)31-18-11-17-30-29-16-7-10-21-35(29)40-36(30)31/h1-24H. The van der Waals surface area contributed by atoms with Crippen LogP contribution in [0.4, 0.5) is 0 Å². The van der Waals surface area contributed by atoms with E-state index in [4.69, 9.17) is 4.98 Å². The van der Waals surface area contributed by atoms with E-state index in [1.165, 1.54) is 42.4 Å². The van der Waals surface area contributed by atoms with Crippen LogP contribution in [0.15, 0.2) is 146 Å². The van der Waals surface area contributed by atoms with Crippen LogP contribution >= 0.6 is 11.3 Å². The predicted molar refractivity (Wildman–Crippen MR) is 170 cm³/mol. The molecule has 0 aliphatic carbocycles. The fourth-order valence-corrected chi connectivity index (χ4v) is 6.97. The molecule has 40 heavy (non-hydrogen) atoms. The Labute approximate surface area is 236 Å². The second-order valence-corrected chi connectivity index (χ2v) is 11.1. The zero-order chi connectivity index (χ0) is 26.5. The number of para-hydroxylation sites is 2. The van der Waals surface area contributed by atoms with E-state index >= 15 is 0 Å². The zero-order valence-electron chi connectivity index (χ0n) is 21.7. The maximum absolute atomic E-state index is 5.29. The van der Waals surface area contributed by atoms with E-state index in [1.807, 2.05) is 11.3 Å². The normalized spacial score (nSPS) is 11.5. The van der Waals surface area contributed by atoms with E-state index in [0.29, 0.717) is 0 Å². The Kier molecular flexibility index (Phi) is 5.35. The molecule has 0 fully saturated rings. The van der Waals surface area contributed by atoms with E-state index in [-0.39, 0.29) is 0 Å². The second-order valence-electron chi connectivity index (χ2n) is 10.0. The third-order valence-corrected chi connectivity index (χ3v) is 8.86. The van der Waals surface area contributed by atoms with Gasteiger partial charge in [-0.15, -0.1) is 11.3 Å². The maximum atomic E-state index is 5.29. The predicted octanol–water partition coefficient (Wildman–Crippen LogP) is 10.4. The van der Waals surface area contributed by atoms with E-state index < -0.39 is 0 Å². The molecule has 0 aliphatic rings. The molecule has 8 rings (SSSR count). The minimum absolute atomic E-state index is 0.959. The van der Waals surface area contributed by atoms with Crippen molar-refractivity contribution in [3.05, 3.63) is 146 Å². The third kappa shape index (κ3) is 3.67. The van der Waals surface area contributed by atoms with Gasteiger partial charge in [-0.3, -0.25) is 4.57 Å². The van der Waals surface area contributed by atoms with Crippen LogP contribution in [0.1, 0.15) is 0 Å². The summed E-state index contributed by atoms with van der Waals surface area (Å²) in [5.74, 6) is 0.959. The molecule has 0 amide bonds. The molecule has 0 saturated heterocycles. The molecule has 3 heteroatoms. The number of hydrogen-bond acceptors (Lipinski definition) is 2. The summed E-state index contributed by atoms with van der Waals surface area (Å²) in [6.45, 7) is 0. The molecule has 0 radical (unpaired) electrons. The van der Waals surface area contributed by atoms with Gasteiger partial charge in [0.1, 0.15) is 5.82 Å². The van der Waals surface area contributed by atoms with Crippen LogP contribution < -0.4 is 0 Å². The van der Waals surface area contributed by atoms with Crippen molar-refractivity contribution in [2.45, 2.75) is 0 Å². The van der Waals surface area contributed by atoms with E-state index in [1.54, 1.807) is 0 Å². The van der Waals surface area contributed by atoms with Crippen LogP contribution in [0.3, 0.4) is 0 Å². The molecule has 0 N–H and O–H groups in total. The number of rotatable bonds is 4. The highest BCUT2D eigenvalue weighted by Gasteiger charge is 2.21. The van der Waals surface area contributed by atoms with Gasteiger partial charge in [-0.2, -0.15) is 0 Å². The Balaban J connectivity index is 1.48. The first kappa shape index (κ1) is 22.9. The average molecular weight is 529 g/mol. The number of nitrogens with zero attached hydrogens (tertiary/aromatic N) is 2. The second kappa shape index (κ2) is 9.33. The summed E-state index contributed by atoms with van der Waals surface area (Å²) in [4.78, 5) is 5.29. The van der Waals surface area contributed by atoms with Gasteiger partial charge >= 0.3 is 0 Å². The molecule has 0 aliphatic heterocycles. The summed E-state index contributed by atoms with van der Waals surface area (Å²) < 4.78 is 4.92. The highest BCUT2D eigenvalue weighted by molar-refractivity contribution is 7.26. The first-order valence-corrected chi connectivity index (χ1v) is 14.3. The highest BCUT2D eigenvalue weighted by atomic mass is 32.1. The van der Waals surface area contributed by atoms with Gasteiger partial charge in [0.05, 0.1) is 16.7 Å². The van der Waals surface area contributed by atoms with Gasteiger partial charge in [0.25, 0.3) is 0 Å². The van der Waals surface area contributed by atoms with Crippen molar-refractivity contribution in [3.8, 4) is 39.3 Å². The molecule has 0 atom stereocenters. The lowest BCUT2D eigenvalue weighted by atomic mass is 9.97. The monoisotopic (exact) mass is 528 g/mol. The van der Waals surface area contributed by atoms with Gasteiger partial charge in [0.2, 0.25) is 0 Å². The largest absolute Gasteiger partial charge is 0.292 e. The molecule has 6 aromatic carbocycles. The van der Waals surface area contributed by atoms with Crippen LogP contribution in [-0.2, 0) is 0 Å². The Bertz CT molecular complexity index is 2150. The fraction of sp³-hybridized carbons (Fsp3) is 0. The molecule has 0 unspecified atom stereocenters. The summed E-state index contributed by atoms with van der Waals surface area (Å²) in [6, 6.07) is 51.8. The summed E-state index contributed by atoms with van der Waals surface area (Å²) >= 11 is 1.84. The lowest BCUT2D eigenvalue weighted by molar-refractivity contribution is 1.11. The Hall–Kier alpha value is -4.99. The number of benzene rings is 6. The van der Waals surface area contributed by atoms with Crippen molar-refractivity contribution in [1.82, 2.24) is 9.55 Å². The lowest BCUT2D eigenvalue weighted by Gasteiger charge is -2.17. The van der Waals surface area contributed by atoms with Gasteiger partial charge in [-0.25, -0.2) is 4.98 Å². The number of hydrogen-bond donors (Lipinski definition) is 0. The molecular formula is C37H24N2S. The van der Waals surface area contributed by atoms with E-state index in [2.05, 4.69) is 150 Å². The molecule has 2 heterocycles. The van der Waals surface area contributed by atoms with Crippen molar-refractivity contribution in [2.75, 3.05) is 0 Å². The minimum atomic E-state index is 0.959. The van der Waals surface area contributed by atoms with Crippen molar-refractivity contribution < 1.29 is 0 Å². The Morgan fingerprint density at radius 1 is 0.500 bits per heavy atom. The molecular weight excluding hydrogens is 504 g/mol. The van der Waals surface area contributed by atoms with Gasteiger partial charge in [0.15, 0.2) is 0 Å². The first-order chi connectivity index (χ1) is 19.8. The molecule has 2 nitrogen and oxygen atoms in total. The molecule has 0 saturated carbocycles. The number of aromatic nitrogens is 2. The molecule has 0 spiro atoms. The zero-order valence-corrected chi connectivity index (χ0v) is 22.5. The van der Waals surface area contributed by atoms with Crippen molar-refractivity contribution in [2.24, 2.45) is 0 Å². The Morgan fingerprint density at radius 2 is 1.20 bits per heavy atom. The first-order valence-electron chi connectivity index (χ1n) is 13.5. The number of thiophene rings is 1. The van der Waals surface area contributed by atoms with Gasteiger partial charge < -0.3 is 0 Å². The Morgan fingerprint density at radius 3 is 2.05 bits per heavy atom. The summed E-state index contributed by atoms with van der Waals surface area (Å²) in [6.07, 6.45) is 0. The van der Waals surface area contributed by atoms with Crippen molar-refractivity contribution >= 4 is 42.5 Å². The van der Waals surface area contributed by atoms with Gasteiger partial charge in [-0.1, -0.05) is 115 Å². The SMILES string of the molecule is c1ccc(-c2ccc(-c3ccccc3)c(-n3c(-c4cccc5c4sc4ccccc45)nc4ccccc43)c2)cc1. The van der Waals surface area contributed by atoms with E-state index in [0.717, 1.165) is 28.1 Å². The van der Waals surface area contributed by atoms with Crippen LogP contribution in [0.2, 0.25) is 0 Å². The number of imidazole rings is 1. The van der Waals surface area contributed by atoms with Crippen LogP contribution in [0, 0.1) is 0 Å². The summed E-state index contributed by atoms with van der Waals surface area (Å²) in [5.41, 5.74) is 9.08. The van der Waals surface area contributed by atoms with Gasteiger partial charge in [0, 0.05) is 31.3 Å². The maximum Gasteiger partial charge on any atom is 0.147 e. The fourth-order valence-electron chi connectivity index (χ4n) is 5.76. The molecule has 188 valence electrons. The van der Waals surface area contributed by atoms with Crippen LogP contribution in [0.5, 0.6) is 0 Å². The number of fused-ring (bicyclic) bond motifs is 4. The molecule has 0 bridgehead atoms. The average Bonchev–Trinajstić information content (AvgIpc) is 3.60. The highest BCUT2D eigenvalue weighted by Crippen LogP contribution is 2.42. The summed E-state index contributed by atoms with van der Waals surface area (Å²) in [5, 5.41) is 2.57. The smallest absolute Gasteiger partial charge is 0.147 e. The van der Waals surface area contributed by atoms with Crippen LogP contribution in [0.25, 0.3) is 70.5 Å². The third-order valence-electron chi connectivity index (χ3n) is 7.64. The summed E-state index contributed by atoms with van der Waals surface area (Å²) in [7, 11) is 0. The van der Waals surface area contributed by atoms with Crippen molar-refractivity contribution in [3.63, 3.8) is 0 Å². The van der Waals surface area contributed by atoms with Crippen molar-refractivity contribution in [1.29, 1.82) is 0 Å². The van der Waals surface area contributed by atoms with Crippen LogP contribution in [-0.4, -0.2) is 9.55 Å². The lowest BCUT2D eigenvalue weighted by Crippen LogP contribution is -2.01. The molecule has 8 aromatic rings. The quantitative estimate of drug-likeness (QED) is 0.222. The minimum Gasteiger partial charge on any atom is -0.292 e. The van der Waals surface area contributed by atoms with Gasteiger partial charge in [-0.05, 0) is 47.0 Å². The van der Waals surface area contributed by atoms with E-state index in [9.17, 15) is 0 Å². The molecule has 2 aromatic heterocycles. The topological polar surface area (TPSA) is 17.8 Å².